The van der Waals surface area contributed by atoms with E-state index in [2.05, 4.69) is 10.6 Å². The Morgan fingerprint density at radius 3 is 2.48 bits per heavy atom. The molecule has 1 aromatic carbocycles. The molecule has 0 saturated carbocycles. The van der Waals surface area contributed by atoms with Gasteiger partial charge in [0.2, 0.25) is 17.7 Å². The van der Waals surface area contributed by atoms with Crippen molar-refractivity contribution >= 4 is 35.0 Å². The Morgan fingerprint density at radius 1 is 1.22 bits per heavy atom. The van der Waals surface area contributed by atoms with Crippen LogP contribution in [0, 0.1) is 11.8 Å². The predicted molar refractivity (Wildman–Crippen MR) is 99.0 cm³/mol. The van der Waals surface area contributed by atoms with E-state index in [0.29, 0.717) is 16.3 Å². The molecule has 5 atom stereocenters. The average molecular weight is 392 g/mol. The Kier molecular flexibility index (Phi) is 3.77. The second-order valence-electron chi connectivity index (χ2n) is 8.52. The molecule has 2 saturated heterocycles. The number of hydrogen-bond acceptors (Lipinski definition) is 5. The maximum atomic E-state index is 13.4. The third-order valence-electron chi connectivity index (χ3n) is 5.82. The highest BCUT2D eigenvalue weighted by Gasteiger charge is 2.72. The molecular formula is C19H22ClN3O4. The molecule has 2 fully saturated rings. The normalized spacial score (nSPS) is 33.5. The van der Waals surface area contributed by atoms with Gasteiger partial charge in [0.1, 0.15) is 5.54 Å². The van der Waals surface area contributed by atoms with Crippen molar-refractivity contribution in [2.75, 3.05) is 5.32 Å². The number of carbonyl (C=O) groups is 3. The van der Waals surface area contributed by atoms with Crippen molar-refractivity contribution in [2.24, 2.45) is 11.8 Å². The van der Waals surface area contributed by atoms with Gasteiger partial charge in [0.25, 0.3) is 0 Å². The standard InChI is InChI=1S/C19H22ClN3O4/c1-8(24)13-11-12(16(26)23(15(11)25)18(2,3)4)19(22-13)9-6-5-7-10(20)14(9)21-17(19)27/h5-8,11-13,22,24H,1-4H3,(H,21,27)/t8-,11+,12+,13-,19+/m1/s1. The monoisotopic (exact) mass is 391 g/mol. The van der Waals surface area contributed by atoms with Gasteiger partial charge in [-0.15, -0.1) is 0 Å². The summed E-state index contributed by atoms with van der Waals surface area (Å²) >= 11 is 6.25. The topological polar surface area (TPSA) is 98.7 Å². The highest BCUT2D eigenvalue weighted by molar-refractivity contribution is 6.35. The lowest BCUT2D eigenvalue weighted by molar-refractivity contribution is -0.148. The molecule has 0 unspecified atom stereocenters. The number of fused-ring (bicyclic) bond motifs is 4. The summed E-state index contributed by atoms with van der Waals surface area (Å²) in [5, 5.41) is 16.6. The van der Waals surface area contributed by atoms with E-state index in [1.165, 1.54) is 4.90 Å². The number of imide groups is 1. The molecule has 144 valence electrons. The quantitative estimate of drug-likeness (QED) is 0.625. The molecule has 3 aliphatic heterocycles. The molecule has 3 heterocycles. The molecule has 8 heteroatoms. The molecule has 7 nitrogen and oxygen atoms in total. The summed E-state index contributed by atoms with van der Waals surface area (Å²) in [4.78, 5) is 40.9. The lowest BCUT2D eigenvalue weighted by atomic mass is 9.76. The summed E-state index contributed by atoms with van der Waals surface area (Å²) in [7, 11) is 0. The van der Waals surface area contributed by atoms with E-state index in [1.54, 1.807) is 45.9 Å². The highest BCUT2D eigenvalue weighted by Crippen LogP contribution is 2.55. The van der Waals surface area contributed by atoms with Crippen LogP contribution in [0.1, 0.15) is 33.3 Å². The minimum absolute atomic E-state index is 0.362. The van der Waals surface area contributed by atoms with Gasteiger partial charge < -0.3 is 10.4 Å². The molecule has 27 heavy (non-hydrogen) atoms. The van der Waals surface area contributed by atoms with Crippen molar-refractivity contribution in [3.05, 3.63) is 28.8 Å². The molecule has 3 aliphatic rings. The van der Waals surface area contributed by atoms with Crippen LogP contribution >= 0.6 is 11.6 Å². The van der Waals surface area contributed by atoms with Crippen molar-refractivity contribution < 1.29 is 19.5 Å². The minimum Gasteiger partial charge on any atom is -0.392 e. The number of aliphatic hydroxyl groups excluding tert-OH is 1. The summed E-state index contributed by atoms with van der Waals surface area (Å²) in [6, 6.07) is 4.36. The number of carbonyl (C=O) groups excluding carboxylic acids is 3. The van der Waals surface area contributed by atoms with Crippen molar-refractivity contribution in [3.8, 4) is 0 Å². The number of nitrogens with one attached hydrogen (secondary N) is 2. The fourth-order valence-electron chi connectivity index (χ4n) is 4.80. The fourth-order valence-corrected chi connectivity index (χ4v) is 5.02. The molecule has 0 aliphatic carbocycles. The Labute approximate surface area is 162 Å². The van der Waals surface area contributed by atoms with Crippen molar-refractivity contribution in [2.45, 2.75) is 50.9 Å². The van der Waals surface area contributed by atoms with Gasteiger partial charge in [-0.2, -0.15) is 0 Å². The molecular weight excluding hydrogens is 370 g/mol. The van der Waals surface area contributed by atoms with Gasteiger partial charge in [-0.3, -0.25) is 24.6 Å². The molecule has 3 amide bonds. The Morgan fingerprint density at radius 2 is 1.89 bits per heavy atom. The van der Waals surface area contributed by atoms with Crippen LogP contribution in [0.5, 0.6) is 0 Å². The summed E-state index contributed by atoms with van der Waals surface area (Å²) in [6.07, 6.45) is -0.926. The van der Waals surface area contributed by atoms with E-state index in [1.807, 2.05) is 0 Å². The lowest BCUT2D eigenvalue weighted by Crippen LogP contribution is -2.57. The highest BCUT2D eigenvalue weighted by atomic mass is 35.5. The number of aliphatic hydroxyl groups is 1. The van der Waals surface area contributed by atoms with Crippen molar-refractivity contribution in [1.29, 1.82) is 0 Å². The molecule has 1 spiro atoms. The SMILES string of the molecule is C[C@@H](O)[C@H]1N[C@]2(C(=O)Nc3c(Cl)cccc32)[C@@H]2C(=O)N(C(C)(C)C)C(=O)[C@H]12. The summed E-state index contributed by atoms with van der Waals surface area (Å²) in [6.45, 7) is 6.89. The lowest BCUT2D eigenvalue weighted by Gasteiger charge is -2.35. The number of rotatable bonds is 1. The number of amides is 3. The first kappa shape index (κ1) is 18.4. The molecule has 4 rings (SSSR count). The number of hydrogen-bond donors (Lipinski definition) is 3. The zero-order chi connectivity index (χ0) is 19.9. The maximum absolute atomic E-state index is 13.4. The van der Waals surface area contributed by atoms with Crippen molar-refractivity contribution in [1.82, 2.24) is 10.2 Å². The molecule has 1 aromatic rings. The van der Waals surface area contributed by atoms with Gasteiger partial charge >= 0.3 is 0 Å². The summed E-state index contributed by atoms with van der Waals surface area (Å²) in [5.74, 6) is -2.97. The van der Waals surface area contributed by atoms with E-state index in [4.69, 9.17) is 11.6 Å². The third-order valence-corrected chi connectivity index (χ3v) is 6.14. The van der Waals surface area contributed by atoms with Gasteiger partial charge in [0.05, 0.1) is 28.6 Å². The smallest absolute Gasteiger partial charge is 0.250 e. The van der Waals surface area contributed by atoms with Gasteiger partial charge in [-0.05, 0) is 33.8 Å². The van der Waals surface area contributed by atoms with Crippen LogP contribution in [0.15, 0.2) is 18.2 Å². The van der Waals surface area contributed by atoms with Crippen LogP contribution in [-0.2, 0) is 19.9 Å². The van der Waals surface area contributed by atoms with Crippen LogP contribution < -0.4 is 10.6 Å². The van der Waals surface area contributed by atoms with Crippen LogP contribution in [0.2, 0.25) is 5.02 Å². The number of para-hydroxylation sites is 1. The Balaban J connectivity index is 1.95. The van der Waals surface area contributed by atoms with Gasteiger partial charge in [-0.1, -0.05) is 23.7 Å². The van der Waals surface area contributed by atoms with Crippen LogP contribution in [-0.4, -0.2) is 45.4 Å². The van der Waals surface area contributed by atoms with E-state index >= 15 is 0 Å². The second kappa shape index (κ2) is 5.53. The first-order chi connectivity index (χ1) is 12.5. The maximum Gasteiger partial charge on any atom is 0.250 e. The zero-order valence-electron chi connectivity index (χ0n) is 15.5. The molecule has 0 bridgehead atoms. The third kappa shape index (κ3) is 2.19. The minimum atomic E-state index is -1.43. The average Bonchev–Trinajstić information content (AvgIpc) is 3.13. The van der Waals surface area contributed by atoms with Gasteiger partial charge in [0, 0.05) is 17.1 Å². The predicted octanol–water partition coefficient (Wildman–Crippen LogP) is 1.24. The van der Waals surface area contributed by atoms with E-state index in [9.17, 15) is 19.5 Å². The van der Waals surface area contributed by atoms with Crippen LogP contribution in [0.25, 0.3) is 0 Å². The van der Waals surface area contributed by atoms with E-state index < -0.39 is 46.9 Å². The van der Waals surface area contributed by atoms with E-state index in [0.717, 1.165) is 0 Å². The number of nitrogens with zero attached hydrogens (tertiary/aromatic N) is 1. The first-order valence-corrected chi connectivity index (χ1v) is 9.33. The first-order valence-electron chi connectivity index (χ1n) is 8.96. The largest absolute Gasteiger partial charge is 0.392 e. The molecule has 0 radical (unpaired) electrons. The number of likely N-dealkylation sites (tertiary alicyclic amines) is 1. The number of halogens is 1. The molecule has 0 aromatic heterocycles. The summed E-state index contributed by atoms with van der Waals surface area (Å²) < 4.78 is 0. The van der Waals surface area contributed by atoms with Crippen molar-refractivity contribution in [3.63, 3.8) is 0 Å². The number of benzene rings is 1. The van der Waals surface area contributed by atoms with E-state index in [-0.39, 0.29) is 5.91 Å². The van der Waals surface area contributed by atoms with Crippen LogP contribution in [0.4, 0.5) is 5.69 Å². The Bertz CT molecular complexity index is 878. The molecule has 3 N–H and O–H groups in total. The van der Waals surface area contributed by atoms with Gasteiger partial charge in [0.15, 0.2) is 0 Å². The zero-order valence-corrected chi connectivity index (χ0v) is 16.3. The number of anilines is 1. The van der Waals surface area contributed by atoms with Crippen LogP contribution in [0.3, 0.4) is 0 Å². The van der Waals surface area contributed by atoms with Gasteiger partial charge in [-0.25, -0.2) is 0 Å². The summed E-state index contributed by atoms with van der Waals surface area (Å²) in [5.41, 5.74) is -1.18. The fraction of sp³-hybridized carbons (Fsp3) is 0.526. The Hall–Kier alpha value is -1.96. The second-order valence-corrected chi connectivity index (χ2v) is 8.93.